The molecule has 4 aromatic carbocycles. The lowest BCUT2D eigenvalue weighted by molar-refractivity contribution is -0.138. The van der Waals surface area contributed by atoms with Crippen LogP contribution < -0.4 is 0 Å². The Labute approximate surface area is 299 Å². The molecule has 0 spiro atoms. The van der Waals surface area contributed by atoms with Gasteiger partial charge in [0.2, 0.25) is 0 Å². The van der Waals surface area contributed by atoms with Crippen molar-refractivity contribution in [2.75, 3.05) is 0 Å². The van der Waals surface area contributed by atoms with E-state index in [4.69, 9.17) is 0 Å². The van der Waals surface area contributed by atoms with Gasteiger partial charge in [-0.15, -0.1) is 0 Å². The number of rotatable bonds is 8. The molecule has 0 saturated carbocycles. The van der Waals surface area contributed by atoms with E-state index in [9.17, 15) is 34.8 Å². The first-order chi connectivity index (χ1) is 24.9. The van der Waals surface area contributed by atoms with E-state index < -0.39 is 56.5 Å². The molecule has 0 radical (unpaired) electrons. The maximum atomic E-state index is 15.4. The lowest BCUT2D eigenvalue weighted by Crippen LogP contribution is -2.10. The predicted molar refractivity (Wildman–Crippen MR) is 186 cm³/mol. The zero-order valence-corrected chi connectivity index (χ0v) is 28.8. The predicted octanol–water partition coefficient (Wildman–Crippen LogP) is 11.2. The van der Waals surface area contributed by atoms with Gasteiger partial charge in [-0.3, -0.25) is 9.97 Å². The van der Waals surface area contributed by atoms with Crippen molar-refractivity contribution in [2.45, 2.75) is 37.7 Å². The summed E-state index contributed by atoms with van der Waals surface area (Å²) < 4.78 is 137. The van der Waals surface area contributed by atoms with Crippen LogP contribution in [0.15, 0.2) is 109 Å². The number of aromatic nitrogens is 2. The van der Waals surface area contributed by atoms with Crippen LogP contribution in [-0.4, -0.2) is 18.4 Å². The van der Waals surface area contributed by atoms with Gasteiger partial charge in [0.05, 0.1) is 34.0 Å². The lowest BCUT2D eigenvalue weighted by Gasteiger charge is -2.14. The van der Waals surface area contributed by atoms with Gasteiger partial charge >= 0.3 is 12.4 Å². The number of nitrogens with zero attached hydrogens (tertiary/aromatic N) is 2. The van der Waals surface area contributed by atoms with Crippen LogP contribution >= 0.6 is 0 Å². The van der Waals surface area contributed by atoms with E-state index in [0.717, 1.165) is 24.3 Å². The molecule has 6 aromatic rings. The molecule has 0 bridgehead atoms. The van der Waals surface area contributed by atoms with Gasteiger partial charge in [-0.2, -0.15) is 26.3 Å². The van der Waals surface area contributed by atoms with Gasteiger partial charge in [-0.1, -0.05) is 60.7 Å². The molecular weight excluding hydrogens is 725 g/mol. The summed E-state index contributed by atoms with van der Waals surface area (Å²) in [6, 6.07) is 21.3. The minimum absolute atomic E-state index is 0.00248. The van der Waals surface area contributed by atoms with Crippen molar-refractivity contribution in [1.29, 1.82) is 0 Å². The van der Waals surface area contributed by atoms with Crippen molar-refractivity contribution in [2.24, 2.45) is 0 Å². The zero-order chi connectivity index (χ0) is 38.3. The summed E-state index contributed by atoms with van der Waals surface area (Å²) in [7, 11) is -4.13. The largest absolute Gasteiger partial charge is 0.416 e. The maximum absolute atomic E-state index is 15.4. The summed E-state index contributed by atoms with van der Waals surface area (Å²) in [5.74, 6) is -3.26. The minimum atomic E-state index is -4.53. The number of sulfone groups is 1. The van der Waals surface area contributed by atoms with Gasteiger partial charge in [0.1, 0.15) is 11.6 Å². The number of alkyl halides is 6. The Bertz CT molecular complexity index is 2300. The molecule has 53 heavy (non-hydrogen) atoms. The Morgan fingerprint density at radius 3 is 1.25 bits per heavy atom. The summed E-state index contributed by atoms with van der Waals surface area (Å²) in [6.45, 7) is 2.67. The zero-order valence-electron chi connectivity index (χ0n) is 27.9. The molecule has 2 heterocycles. The molecule has 0 N–H and O–H groups in total. The van der Waals surface area contributed by atoms with Gasteiger partial charge in [-0.25, -0.2) is 17.2 Å². The van der Waals surface area contributed by atoms with E-state index >= 15 is 8.78 Å². The molecule has 0 amide bonds. The SMILES string of the molecule is Cc1cc(-c2cccnc2-c2ccc(CS(=O)(=O)Cc3ccc(-c4ncccc4-c4ccc(C(F)(F)F)c(C)c4)cc3F)c(F)c2)ccc1C(F)(F)F. The molecule has 272 valence electrons. The number of benzene rings is 4. The monoisotopic (exact) mass is 752 g/mol. The van der Waals surface area contributed by atoms with Gasteiger partial charge in [0.15, 0.2) is 9.84 Å². The second-order valence-electron chi connectivity index (χ2n) is 12.5. The Kier molecular flexibility index (Phi) is 9.99. The number of halogens is 8. The highest BCUT2D eigenvalue weighted by atomic mass is 32.2. The van der Waals surface area contributed by atoms with E-state index in [0.29, 0.717) is 22.3 Å². The molecule has 13 heteroatoms. The summed E-state index contributed by atoms with van der Waals surface area (Å²) in [5.41, 5.74) is 0.857. The smallest absolute Gasteiger partial charge is 0.256 e. The van der Waals surface area contributed by atoms with Crippen LogP contribution in [0.2, 0.25) is 0 Å². The Balaban J connectivity index is 1.22. The molecule has 6 rings (SSSR count). The van der Waals surface area contributed by atoms with Crippen molar-refractivity contribution in [3.63, 3.8) is 0 Å². The second-order valence-corrected chi connectivity index (χ2v) is 14.6. The van der Waals surface area contributed by atoms with Crippen molar-refractivity contribution in [3.8, 4) is 44.8 Å². The van der Waals surface area contributed by atoms with E-state index in [1.54, 1.807) is 24.3 Å². The molecule has 0 aliphatic carbocycles. The first-order valence-electron chi connectivity index (χ1n) is 16.0. The standard InChI is InChI=1S/C40H28F8N2O2S/c1-23-17-25(11-13-33(23)39(43,44)45)31-5-3-15-49-37(31)27-7-9-29(35(41)19-27)21-53(51,52)22-30-10-8-28(20-36(30)42)38-32(6-4-16-50-38)26-12-14-34(24(2)18-26)40(46,47)48/h3-20H,21-22H2,1-2H3. The Morgan fingerprint density at radius 1 is 0.528 bits per heavy atom. The summed E-state index contributed by atoms with van der Waals surface area (Å²) >= 11 is 0. The lowest BCUT2D eigenvalue weighted by atomic mass is 9.95. The van der Waals surface area contributed by atoms with Crippen LogP contribution in [0.4, 0.5) is 35.1 Å². The average molecular weight is 753 g/mol. The van der Waals surface area contributed by atoms with Crippen LogP contribution in [0.3, 0.4) is 0 Å². The van der Waals surface area contributed by atoms with Gasteiger partial charge in [-0.05, 0) is 72.5 Å². The molecular formula is C40H28F8N2O2S. The van der Waals surface area contributed by atoms with Crippen molar-refractivity contribution >= 4 is 9.84 Å². The third-order valence-corrected chi connectivity index (χ3v) is 10.2. The molecule has 0 aliphatic heterocycles. The van der Waals surface area contributed by atoms with E-state index in [2.05, 4.69) is 9.97 Å². The quantitative estimate of drug-likeness (QED) is 0.145. The fourth-order valence-corrected chi connectivity index (χ4v) is 7.70. The van der Waals surface area contributed by atoms with E-state index in [-0.39, 0.29) is 44.8 Å². The van der Waals surface area contributed by atoms with Gasteiger partial charge in [0, 0.05) is 45.8 Å². The molecule has 0 saturated heterocycles. The van der Waals surface area contributed by atoms with Crippen LogP contribution in [0, 0.1) is 25.5 Å². The van der Waals surface area contributed by atoms with E-state index in [1.807, 2.05) is 0 Å². The third kappa shape index (κ3) is 8.15. The normalized spacial score (nSPS) is 12.3. The van der Waals surface area contributed by atoms with Crippen molar-refractivity contribution in [3.05, 3.63) is 154 Å². The van der Waals surface area contributed by atoms with Crippen LogP contribution in [0.1, 0.15) is 33.4 Å². The number of hydrogen-bond acceptors (Lipinski definition) is 4. The van der Waals surface area contributed by atoms with E-state index in [1.165, 1.54) is 74.8 Å². The van der Waals surface area contributed by atoms with Gasteiger partial charge in [0.25, 0.3) is 0 Å². The number of hydrogen-bond donors (Lipinski definition) is 0. The first-order valence-corrected chi connectivity index (χ1v) is 17.8. The Morgan fingerprint density at radius 2 is 0.906 bits per heavy atom. The highest BCUT2D eigenvalue weighted by molar-refractivity contribution is 7.89. The molecule has 0 aliphatic rings. The first kappa shape index (κ1) is 37.3. The van der Waals surface area contributed by atoms with Crippen molar-refractivity contribution < 1.29 is 43.5 Å². The maximum Gasteiger partial charge on any atom is 0.416 e. The molecule has 0 atom stereocenters. The summed E-state index contributed by atoms with van der Waals surface area (Å²) in [4.78, 5) is 8.62. The fourth-order valence-electron chi connectivity index (χ4n) is 6.18. The highest BCUT2D eigenvalue weighted by Crippen LogP contribution is 2.38. The summed E-state index contributed by atoms with van der Waals surface area (Å²) in [6.07, 6.45) is -6.18. The molecule has 0 fully saturated rings. The summed E-state index contributed by atoms with van der Waals surface area (Å²) in [5, 5.41) is 0. The van der Waals surface area contributed by atoms with Crippen LogP contribution in [-0.2, 0) is 33.7 Å². The van der Waals surface area contributed by atoms with Crippen molar-refractivity contribution in [1.82, 2.24) is 9.97 Å². The second kappa shape index (κ2) is 14.2. The van der Waals surface area contributed by atoms with Crippen LogP contribution in [0.5, 0.6) is 0 Å². The average Bonchev–Trinajstić information content (AvgIpc) is 3.08. The minimum Gasteiger partial charge on any atom is -0.256 e. The third-order valence-electron chi connectivity index (χ3n) is 8.70. The molecule has 4 nitrogen and oxygen atoms in total. The number of aryl methyl sites for hydroxylation is 2. The highest BCUT2D eigenvalue weighted by Gasteiger charge is 2.33. The number of pyridine rings is 2. The topological polar surface area (TPSA) is 59.9 Å². The van der Waals surface area contributed by atoms with Crippen LogP contribution in [0.25, 0.3) is 44.8 Å². The molecule has 0 unspecified atom stereocenters. The van der Waals surface area contributed by atoms with Gasteiger partial charge < -0.3 is 0 Å². The molecule has 2 aromatic heterocycles. The fraction of sp³-hybridized carbons (Fsp3) is 0.150. The Hall–Kier alpha value is -5.43.